The van der Waals surface area contributed by atoms with Crippen LogP contribution in [0.15, 0.2) is 22.8 Å². The third-order valence-electron chi connectivity index (χ3n) is 4.39. The van der Waals surface area contributed by atoms with Gasteiger partial charge in [-0.3, -0.25) is 9.69 Å². The Kier molecular flexibility index (Phi) is 9.53. The van der Waals surface area contributed by atoms with Gasteiger partial charge in [0.2, 0.25) is 0 Å². The highest BCUT2D eigenvalue weighted by atomic mass is 79.9. The van der Waals surface area contributed by atoms with Crippen molar-refractivity contribution in [2.24, 2.45) is 0 Å². The van der Waals surface area contributed by atoms with E-state index in [-0.39, 0.29) is 12.0 Å². The minimum atomic E-state index is -0.534. The summed E-state index contributed by atoms with van der Waals surface area (Å²) in [7, 11) is 1.68. The lowest BCUT2D eigenvalue weighted by atomic mass is 10.1. The van der Waals surface area contributed by atoms with Crippen LogP contribution in [0.5, 0.6) is 0 Å². The van der Waals surface area contributed by atoms with E-state index in [0.29, 0.717) is 25.6 Å². The molecular formula is C19H29BrN2O4. The molecule has 1 aliphatic heterocycles. The SMILES string of the molecule is COCCCCN(C(=O)[C@H](C)OC[C@H]1CCCCO1)c1ccc(Br)cn1. The predicted molar refractivity (Wildman–Crippen MR) is 104 cm³/mol. The zero-order chi connectivity index (χ0) is 18.8. The minimum absolute atomic E-state index is 0.0759. The molecule has 146 valence electrons. The number of carbonyl (C=O) groups is 1. The zero-order valence-corrected chi connectivity index (χ0v) is 17.2. The van der Waals surface area contributed by atoms with E-state index >= 15 is 0 Å². The van der Waals surface area contributed by atoms with Crippen LogP contribution in [0, 0.1) is 0 Å². The standard InChI is InChI=1S/C19H29BrN2O4/c1-15(26-14-17-7-3-5-12-25-17)19(23)22(10-4-6-11-24-2)18-9-8-16(20)13-21-18/h8-9,13,15,17H,3-7,10-12,14H2,1-2H3/t15-,17+/m0/s1. The first kappa shape index (κ1) is 21.3. The number of hydrogen-bond acceptors (Lipinski definition) is 5. The molecule has 2 heterocycles. The molecule has 6 nitrogen and oxygen atoms in total. The van der Waals surface area contributed by atoms with Gasteiger partial charge in [-0.05, 0) is 67.1 Å². The second kappa shape index (κ2) is 11.6. The molecule has 1 amide bonds. The van der Waals surface area contributed by atoms with Gasteiger partial charge in [0.1, 0.15) is 11.9 Å². The molecule has 2 rings (SSSR count). The third kappa shape index (κ3) is 6.95. The Morgan fingerprint density at radius 1 is 1.42 bits per heavy atom. The Bertz CT molecular complexity index is 535. The lowest BCUT2D eigenvalue weighted by Crippen LogP contribution is -2.41. The van der Waals surface area contributed by atoms with Crippen molar-refractivity contribution < 1.29 is 19.0 Å². The van der Waals surface area contributed by atoms with Crippen molar-refractivity contribution in [3.8, 4) is 0 Å². The lowest BCUT2D eigenvalue weighted by molar-refractivity contribution is -0.132. The van der Waals surface area contributed by atoms with Gasteiger partial charge >= 0.3 is 0 Å². The van der Waals surface area contributed by atoms with E-state index in [1.807, 2.05) is 12.1 Å². The maximum absolute atomic E-state index is 12.9. The van der Waals surface area contributed by atoms with Gasteiger partial charge in [-0.1, -0.05) is 0 Å². The summed E-state index contributed by atoms with van der Waals surface area (Å²) >= 11 is 3.38. The normalized spacial score (nSPS) is 18.5. The number of halogens is 1. The number of unbranched alkanes of at least 4 members (excludes halogenated alkanes) is 1. The number of anilines is 1. The fraction of sp³-hybridized carbons (Fsp3) is 0.684. The van der Waals surface area contributed by atoms with Gasteiger partial charge < -0.3 is 14.2 Å². The van der Waals surface area contributed by atoms with E-state index in [9.17, 15) is 4.79 Å². The maximum Gasteiger partial charge on any atom is 0.256 e. The first-order chi connectivity index (χ1) is 12.6. The van der Waals surface area contributed by atoms with Crippen molar-refractivity contribution in [3.05, 3.63) is 22.8 Å². The van der Waals surface area contributed by atoms with Gasteiger partial charge in [-0.2, -0.15) is 0 Å². The smallest absolute Gasteiger partial charge is 0.256 e. The second-order valence-electron chi connectivity index (χ2n) is 6.49. The summed E-state index contributed by atoms with van der Waals surface area (Å²) < 4.78 is 17.5. The van der Waals surface area contributed by atoms with Crippen molar-refractivity contribution in [1.82, 2.24) is 4.98 Å². The summed E-state index contributed by atoms with van der Waals surface area (Å²) in [6.07, 6.45) is 6.26. The van der Waals surface area contributed by atoms with E-state index in [2.05, 4.69) is 20.9 Å². The molecule has 1 aromatic rings. The highest BCUT2D eigenvalue weighted by Gasteiger charge is 2.25. The Balaban J connectivity index is 1.94. The molecule has 2 atom stereocenters. The Labute approximate surface area is 164 Å². The number of rotatable bonds is 10. The van der Waals surface area contributed by atoms with Gasteiger partial charge in [0.15, 0.2) is 0 Å². The second-order valence-corrected chi connectivity index (χ2v) is 7.40. The Morgan fingerprint density at radius 2 is 2.27 bits per heavy atom. The average Bonchev–Trinajstić information content (AvgIpc) is 2.67. The van der Waals surface area contributed by atoms with Crippen molar-refractivity contribution in [2.75, 3.05) is 38.4 Å². The quantitative estimate of drug-likeness (QED) is 0.532. The summed E-state index contributed by atoms with van der Waals surface area (Å²) in [5, 5.41) is 0. The number of ether oxygens (including phenoxy) is 3. The number of aromatic nitrogens is 1. The first-order valence-electron chi connectivity index (χ1n) is 9.27. The van der Waals surface area contributed by atoms with Crippen molar-refractivity contribution in [1.29, 1.82) is 0 Å². The molecule has 0 radical (unpaired) electrons. The molecule has 26 heavy (non-hydrogen) atoms. The van der Waals surface area contributed by atoms with Crippen molar-refractivity contribution >= 4 is 27.7 Å². The predicted octanol–water partition coefficient (Wildman–Crippen LogP) is 3.58. The van der Waals surface area contributed by atoms with E-state index in [1.165, 1.54) is 0 Å². The molecule has 7 heteroatoms. The minimum Gasteiger partial charge on any atom is -0.385 e. The third-order valence-corrected chi connectivity index (χ3v) is 4.86. The highest BCUT2D eigenvalue weighted by molar-refractivity contribution is 9.10. The fourth-order valence-electron chi connectivity index (χ4n) is 2.86. The number of nitrogens with zero attached hydrogens (tertiary/aromatic N) is 2. The van der Waals surface area contributed by atoms with E-state index in [1.54, 1.807) is 25.1 Å². The lowest BCUT2D eigenvalue weighted by Gasteiger charge is -2.27. The molecule has 0 aliphatic carbocycles. The molecule has 0 bridgehead atoms. The molecule has 1 saturated heterocycles. The summed E-state index contributed by atoms with van der Waals surface area (Å²) in [6.45, 7) is 4.31. The molecule has 1 fully saturated rings. The molecule has 0 aromatic carbocycles. The van der Waals surface area contributed by atoms with Gasteiger partial charge in [-0.25, -0.2) is 4.98 Å². The monoisotopic (exact) mass is 428 g/mol. The number of amides is 1. The number of hydrogen-bond donors (Lipinski definition) is 0. The first-order valence-corrected chi connectivity index (χ1v) is 10.1. The number of methoxy groups -OCH3 is 1. The van der Waals surface area contributed by atoms with Crippen molar-refractivity contribution in [3.63, 3.8) is 0 Å². The molecule has 0 spiro atoms. The molecule has 1 aromatic heterocycles. The molecular weight excluding hydrogens is 400 g/mol. The van der Waals surface area contributed by atoms with Crippen LogP contribution in [0.25, 0.3) is 0 Å². The largest absolute Gasteiger partial charge is 0.385 e. The van der Waals surface area contributed by atoms with Gasteiger partial charge in [0, 0.05) is 37.5 Å². The summed E-state index contributed by atoms with van der Waals surface area (Å²) in [5.41, 5.74) is 0. The number of pyridine rings is 1. The molecule has 0 N–H and O–H groups in total. The van der Waals surface area contributed by atoms with Crippen LogP contribution in [0.4, 0.5) is 5.82 Å². The summed E-state index contributed by atoms with van der Waals surface area (Å²) in [6, 6.07) is 3.73. The van der Waals surface area contributed by atoms with Gasteiger partial charge in [0.05, 0.1) is 12.7 Å². The van der Waals surface area contributed by atoms with E-state index < -0.39 is 6.10 Å². The summed E-state index contributed by atoms with van der Waals surface area (Å²) in [4.78, 5) is 19.0. The number of carbonyl (C=O) groups excluding carboxylic acids is 1. The van der Waals surface area contributed by atoms with Crippen molar-refractivity contribution in [2.45, 2.75) is 51.2 Å². The van der Waals surface area contributed by atoms with E-state index in [0.717, 1.165) is 43.2 Å². The summed E-state index contributed by atoms with van der Waals surface area (Å²) in [5.74, 6) is 0.563. The molecule has 0 saturated carbocycles. The highest BCUT2D eigenvalue weighted by Crippen LogP contribution is 2.18. The van der Waals surface area contributed by atoms with Crippen LogP contribution >= 0.6 is 15.9 Å². The van der Waals surface area contributed by atoms with Crippen LogP contribution in [0.3, 0.4) is 0 Å². The topological polar surface area (TPSA) is 60.9 Å². The van der Waals surface area contributed by atoms with Gasteiger partial charge in [-0.15, -0.1) is 0 Å². The molecule has 1 aliphatic rings. The maximum atomic E-state index is 12.9. The Hall–Kier alpha value is -1.02. The fourth-order valence-corrected chi connectivity index (χ4v) is 3.10. The van der Waals surface area contributed by atoms with Crippen LogP contribution < -0.4 is 4.90 Å². The average molecular weight is 429 g/mol. The van der Waals surface area contributed by atoms with Crippen LogP contribution in [0.2, 0.25) is 0 Å². The van der Waals surface area contributed by atoms with Crippen LogP contribution in [-0.2, 0) is 19.0 Å². The van der Waals surface area contributed by atoms with Crippen LogP contribution in [0.1, 0.15) is 39.0 Å². The van der Waals surface area contributed by atoms with E-state index in [4.69, 9.17) is 14.2 Å². The molecule has 0 unspecified atom stereocenters. The zero-order valence-electron chi connectivity index (χ0n) is 15.7. The Morgan fingerprint density at radius 3 is 2.92 bits per heavy atom. The van der Waals surface area contributed by atoms with Crippen LogP contribution in [-0.4, -0.2) is 56.6 Å². The van der Waals surface area contributed by atoms with Gasteiger partial charge in [0.25, 0.3) is 5.91 Å².